The first-order chi connectivity index (χ1) is 17.8. The number of hydrogen-bond acceptors (Lipinski definition) is 5. The number of carbonyl (C=O) groups is 1. The van der Waals surface area contributed by atoms with Gasteiger partial charge >= 0.3 is 0 Å². The van der Waals surface area contributed by atoms with E-state index in [0.29, 0.717) is 5.75 Å². The molecule has 2 aromatic rings. The molecule has 5 nitrogen and oxygen atoms in total. The molecule has 210 valence electrons. The van der Waals surface area contributed by atoms with Crippen LogP contribution in [0.5, 0.6) is 5.75 Å². The molecule has 0 aliphatic carbocycles. The predicted octanol–water partition coefficient (Wildman–Crippen LogP) is 6.96. The molecule has 0 saturated carbocycles. The average molecular weight is 541 g/mol. The third-order valence-corrected chi connectivity index (χ3v) is 9.05. The SMILES string of the molecule is CCC(CC)(OCC(=O)N1CCN(Cc2ccccc2)CC1)Sc1cc(C(C)(C)C)c(O)c(C(C)(C)C)c1. The Bertz CT molecular complexity index is 1030. The van der Waals surface area contributed by atoms with E-state index in [2.05, 4.69) is 96.7 Å². The third-order valence-electron chi connectivity index (χ3n) is 7.51. The topological polar surface area (TPSA) is 53.0 Å². The highest BCUT2D eigenvalue weighted by molar-refractivity contribution is 8.00. The molecule has 6 heteroatoms. The van der Waals surface area contributed by atoms with E-state index in [4.69, 9.17) is 4.74 Å². The van der Waals surface area contributed by atoms with Crippen molar-refractivity contribution < 1.29 is 14.6 Å². The number of carbonyl (C=O) groups excluding carboxylic acids is 1. The Morgan fingerprint density at radius 1 is 0.895 bits per heavy atom. The van der Waals surface area contributed by atoms with Crippen molar-refractivity contribution in [1.29, 1.82) is 0 Å². The van der Waals surface area contributed by atoms with Gasteiger partial charge in [0.2, 0.25) is 5.91 Å². The zero-order valence-corrected chi connectivity index (χ0v) is 25.6. The first kappa shape index (κ1) is 30.5. The smallest absolute Gasteiger partial charge is 0.248 e. The Labute approximate surface area is 234 Å². The molecule has 0 radical (unpaired) electrons. The first-order valence-corrected chi connectivity index (χ1v) is 14.8. The van der Waals surface area contributed by atoms with Crippen LogP contribution in [-0.2, 0) is 26.9 Å². The zero-order chi connectivity index (χ0) is 28.1. The summed E-state index contributed by atoms with van der Waals surface area (Å²) < 4.78 is 6.45. The van der Waals surface area contributed by atoms with Gasteiger partial charge in [-0.25, -0.2) is 0 Å². The van der Waals surface area contributed by atoms with Gasteiger partial charge in [-0.05, 0) is 41.4 Å². The molecule has 1 aliphatic heterocycles. The molecule has 1 aliphatic rings. The number of piperazine rings is 1. The van der Waals surface area contributed by atoms with Crippen LogP contribution in [0.2, 0.25) is 0 Å². The number of benzene rings is 2. The van der Waals surface area contributed by atoms with Crippen LogP contribution < -0.4 is 0 Å². The lowest BCUT2D eigenvalue weighted by Crippen LogP contribution is -2.49. The van der Waals surface area contributed by atoms with Crippen LogP contribution in [0, 0.1) is 0 Å². The van der Waals surface area contributed by atoms with Crippen molar-refractivity contribution in [3.63, 3.8) is 0 Å². The Hall–Kier alpha value is -2.02. The van der Waals surface area contributed by atoms with Gasteiger partial charge in [-0.1, -0.05) is 97.5 Å². The minimum absolute atomic E-state index is 0.0627. The summed E-state index contributed by atoms with van der Waals surface area (Å²) in [6.07, 6.45) is 1.56. The highest BCUT2D eigenvalue weighted by Gasteiger charge is 2.33. The fourth-order valence-corrected chi connectivity index (χ4v) is 6.12. The maximum Gasteiger partial charge on any atom is 0.248 e. The van der Waals surface area contributed by atoms with Crippen LogP contribution in [0.25, 0.3) is 0 Å². The summed E-state index contributed by atoms with van der Waals surface area (Å²) in [4.78, 5) is 18.1. The van der Waals surface area contributed by atoms with Crippen molar-refractivity contribution in [1.82, 2.24) is 9.80 Å². The molecule has 1 amide bonds. The molecule has 0 aromatic heterocycles. The van der Waals surface area contributed by atoms with Crippen LogP contribution >= 0.6 is 11.8 Å². The van der Waals surface area contributed by atoms with Gasteiger partial charge in [0.05, 0.1) is 0 Å². The zero-order valence-electron chi connectivity index (χ0n) is 24.8. The van der Waals surface area contributed by atoms with Crippen molar-refractivity contribution in [3.05, 3.63) is 59.2 Å². The van der Waals surface area contributed by atoms with E-state index < -0.39 is 4.93 Å². The van der Waals surface area contributed by atoms with Crippen LogP contribution in [-0.4, -0.2) is 58.5 Å². The largest absolute Gasteiger partial charge is 0.507 e. The van der Waals surface area contributed by atoms with Crippen molar-refractivity contribution in [2.24, 2.45) is 0 Å². The highest BCUT2D eigenvalue weighted by atomic mass is 32.2. The van der Waals surface area contributed by atoms with E-state index in [1.165, 1.54) is 5.56 Å². The minimum atomic E-state index is -0.508. The monoisotopic (exact) mass is 540 g/mol. The van der Waals surface area contributed by atoms with Crippen molar-refractivity contribution in [3.8, 4) is 5.75 Å². The summed E-state index contributed by atoms with van der Waals surface area (Å²) >= 11 is 1.68. The first-order valence-electron chi connectivity index (χ1n) is 14.0. The second-order valence-electron chi connectivity index (χ2n) is 12.5. The Balaban J connectivity index is 1.68. The van der Waals surface area contributed by atoms with E-state index in [0.717, 1.165) is 61.6 Å². The number of amides is 1. The number of thioether (sulfide) groups is 1. The second-order valence-corrected chi connectivity index (χ2v) is 13.9. The Morgan fingerprint density at radius 2 is 1.42 bits per heavy atom. The lowest BCUT2D eigenvalue weighted by molar-refractivity contribution is -0.141. The molecular formula is C32H48N2O3S. The van der Waals surface area contributed by atoms with E-state index in [1.54, 1.807) is 11.8 Å². The normalized spacial score (nSPS) is 15.6. The second kappa shape index (κ2) is 12.4. The predicted molar refractivity (Wildman–Crippen MR) is 159 cm³/mol. The molecule has 1 saturated heterocycles. The number of hydrogen-bond donors (Lipinski definition) is 1. The Morgan fingerprint density at radius 3 is 1.89 bits per heavy atom. The minimum Gasteiger partial charge on any atom is -0.507 e. The van der Waals surface area contributed by atoms with E-state index in [9.17, 15) is 9.90 Å². The molecule has 0 unspecified atom stereocenters. The summed E-state index contributed by atoms with van der Waals surface area (Å²) in [7, 11) is 0. The van der Waals surface area contributed by atoms with Crippen molar-refractivity contribution >= 4 is 17.7 Å². The molecular weight excluding hydrogens is 492 g/mol. The quantitative estimate of drug-likeness (QED) is 0.275. The van der Waals surface area contributed by atoms with E-state index >= 15 is 0 Å². The molecule has 0 bridgehead atoms. The standard InChI is InChI=1S/C32H48N2O3S/c1-9-32(10-2,38-25-20-26(30(3,4)5)29(36)27(21-25)31(6,7)8)37-23-28(35)34-18-16-33(17-19-34)22-24-14-12-11-13-15-24/h11-15,20-21,36H,9-10,16-19,22-23H2,1-8H3. The molecule has 1 heterocycles. The summed E-state index contributed by atoms with van der Waals surface area (Å²) in [5.41, 5.74) is 2.81. The number of phenolic OH excluding ortho intramolecular Hbond substituents is 1. The molecule has 2 aromatic carbocycles. The van der Waals surface area contributed by atoms with Crippen molar-refractivity contribution in [2.45, 2.75) is 95.4 Å². The van der Waals surface area contributed by atoms with Gasteiger partial charge in [0.25, 0.3) is 0 Å². The van der Waals surface area contributed by atoms with Gasteiger partial charge in [0.15, 0.2) is 0 Å². The van der Waals surface area contributed by atoms with E-state index in [1.807, 2.05) is 11.0 Å². The highest BCUT2D eigenvalue weighted by Crippen LogP contribution is 2.46. The van der Waals surface area contributed by atoms with Crippen LogP contribution in [0.15, 0.2) is 47.4 Å². The molecule has 0 atom stereocenters. The third kappa shape index (κ3) is 7.77. The fourth-order valence-electron chi connectivity index (χ4n) is 4.93. The molecule has 1 fully saturated rings. The Kier molecular flexibility index (Phi) is 9.99. The maximum atomic E-state index is 13.1. The molecule has 0 spiro atoms. The average Bonchev–Trinajstić information content (AvgIpc) is 2.87. The van der Waals surface area contributed by atoms with Crippen LogP contribution in [0.1, 0.15) is 84.9 Å². The summed E-state index contributed by atoms with van der Waals surface area (Å²) in [5.74, 6) is 0.447. The number of phenols is 1. The molecule has 1 N–H and O–H groups in total. The summed E-state index contributed by atoms with van der Waals surface area (Å²) in [6, 6.07) is 14.7. The molecule has 38 heavy (non-hydrogen) atoms. The number of rotatable bonds is 9. The van der Waals surface area contributed by atoms with Gasteiger partial charge in [-0.3, -0.25) is 9.69 Å². The summed E-state index contributed by atoms with van der Waals surface area (Å²) in [6.45, 7) is 21.2. The number of ether oxygens (including phenoxy) is 1. The van der Waals surface area contributed by atoms with Gasteiger partial charge in [0, 0.05) is 48.7 Å². The number of nitrogens with zero attached hydrogens (tertiary/aromatic N) is 2. The lowest BCUT2D eigenvalue weighted by atomic mass is 9.79. The molecule has 3 rings (SSSR count). The van der Waals surface area contributed by atoms with Gasteiger partial charge < -0.3 is 14.7 Å². The fraction of sp³-hybridized carbons (Fsp3) is 0.594. The van der Waals surface area contributed by atoms with Crippen molar-refractivity contribution in [2.75, 3.05) is 32.8 Å². The van der Waals surface area contributed by atoms with Gasteiger partial charge in [-0.2, -0.15) is 0 Å². The number of aromatic hydroxyl groups is 1. The van der Waals surface area contributed by atoms with Gasteiger partial charge in [-0.15, -0.1) is 0 Å². The maximum absolute atomic E-state index is 13.1. The lowest BCUT2D eigenvalue weighted by Gasteiger charge is -2.36. The van der Waals surface area contributed by atoms with Crippen LogP contribution in [0.4, 0.5) is 0 Å². The van der Waals surface area contributed by atoms with Gasteiger partial charge in [0.1, 0.15) is 17.3 Å². The summed E-state index contributed by atoms with van der Waals surface area (Å²) in [5, 5.41) is 11.1. The van der Waals surface area contributed by atoms with Crippen LogP contribution in [0.3, 0.4) is 0 Å². The van der Waals surface area contributed by atoms with E-state index in [-0.39, 0.29) is 23.3 Å².